The highest BCUT2D eigenvalue weighted by atomic mass is 35.5. The second-order valence-electron chi connectivity index (χ2n) is 6.08. The molecule has 5 heteroatoms. The number of halogens is 2. The molecule has 1 fully saturated rings. The summed E-state index contributed by atoms with van der Waals surface area (Å²) in [4.78, 5) is 14.4. The van der Waals surface area contributed by atoms with Crippen LogP contribution in [0.1, 0.15) is 17.0 Å². The number of ether oxygens (including phenoxy) is 1. The molecule has 24 heavy (non-hydrogen) atoms. The zero-order valence-corrected chi connectivity index (χ0v) is 14.2. The predicted molar refractivity (Wildman–Crippen MR) is 91.4 cm³/mol. The first-order valence-electron chi connectivity index (χ1n) is 7.87. The van der Waals surface area contributed by atoms with Crippen LogP contribution in [0.15, 0.2) is 48.5 Å². The quantitative estimate of drug-likeness (QED) is 0.786. The molecule has 1 heterocycles. The van der Waals surface area contributed by atoms with Crippen molar-refractivity contribution in [3.05, 3.63) is 70.5 Å². The summed E-state index contributed by atoms with van der Waals surface area (Å²) in [6, 6.07) is 14.4. The van der Waals surface area contributed by atoms with Gasteiger partial charge in [-0.2, -0.15) is 0 Å². The van der Waals surface area contributed by atoms with Gasteiger partial charge in [-0.15, -0.1) is 0 Å². The van der Waals surface area contributed by atoms with Crippen molar-refractivity contribution in [3.63, 3.8) is 0 Å². The summed E-state index contributed by atoms with van der Waals surface area (Å²) in [5.41, 5.74) is 1.98. The van der Waals surface area contributed by atoms with E-state index in [1.165, 1.54) is 24.8 Å². The van der Waals surface area contributed by atoms with E-state index in [9.17, 15) is 9.18 Å². The van der Waals surface area contributed by atoms with Crippen LogP contribution in [0.5, 0.6) is 0 Å². The average Bonchev–Trinajstić information content (AvgIpc) is 2.98. The van der Waals surface area contributed by atoms with Gasteiger partial charge >= 0.3 is 5.97 Å². The smallest absolute Gasteiger partial charge is 0.310 e. The van der Waals surface area contributed by atoms with Crippen LogP contribution in [0.25, 0.3) is 0 Å². The Morgan fingerprint density at radius 3 is 2.67 bits per heavy atom. The number of rotatable bonds is 4. The van der Waals surface area contributed by atoms with E-state index < -0.39 is 0 Å². The highest BCUT2D eigenvalue weighted by Crippen LogP contribution is 2.37. The molecule has 1 aliphatic rings. The molecule has 1 saturated heterocycles. The Bertz CT molecular complexity index is 723. The Morgan fingerprint density at radius 1 is 1.25 bits per heavy atom. The lowest BCUT2D eigenvalue weighted by molar-refractivity contribution is -0.145. The van der Waals surface area contributed by atoms with Gasteiger partial charge in [0.05, 0.1) is 13.0 Å². The minimum absolute atomic E-state index is 0.103. The summed E-state index contributed by atoms with van der Waals surface area (Å²) >= 11 is 6.22. The van der Waals surface area contributed by atoms with Gasteiger partial charge in [0.1, 0.15) is 5.82 Å². The maximum Gasteiger partial charge on any atom is 0.310 e. The summed E-state index contributed by atoms with van der Waals surface area (Å²) < 4.78 is 18.3. The average molecular weight is 348 g/mol. The van der Waals surface area contributed by atoms with Crippen LogP contribution < -0.4 is 0 Å². The van der Waals surface area contributed by atoms with Crippen molar-refractivity contribution >= 4 is 17.6 Å². The van der Waals surface area contributed by atoms with Crippen molar-refractivity contribution in [1.82, 2.24) is 4.90 Å². The number of likely N-dealkylation sites (tertiary alicyclic amines) is 1. The van der Waals surface area contributed by atoms with Gasteiger partial charge in [-0.1, -0.05) is 48.0 Å². The van der Waals surface area contributed by atoms with Crippen LogP contribution in [0, 0.1) is 11.7 Å². The van der Waals surface area contributed by atoms with Crippen molar-refractivity contribution in [2.75, 3.05) is 20.2 Å². The Balaban J connectivity index is 1.84. The Kier molecular flexibility index (Phi) is 5.17. The molecule has 0 amide bonds. The predicted octanol–water partition coefficient (Wildman–Crippen LogP) is 3.87. The number of hydrogen-bond acceptors (Lipinski definition) is 3. The molecule has 0 saturated carbocycles. The number of benzene rings is 2. The monoisotopic (exact) mass is 347 g/mol. The third kappa shape index (κ3) is 3.60. The van der Waals surface area contributed by atoms with Gasteiger partial charge in [-0.05, 0) is 23.3 Å². The molecule has 0 radical (unpaired) electrons. The fourth-order valence-electron chi connectivity index (χ4n) is 3.36. The van der Waals surface area contributed by atoms with Crippen LogP contribution in [0.4, 0.5) is 4.39 Å². The third-order valence-electron chi connectivity index (χ3n) is 4.51. The summed E-state index contributed by atoms with van der Waals surface area (Å²) in [6.07, 6.45) is 0. The second-order valence-corrected chi connectivity index (χ2v) is 6.49. The van der Waals surface area contributed by atoms with Crippen LogP contribution in [0.2, 0.25) is 5.02 Å². The van der Waals surface area contributed by atoms with Gasteiger partial charge in [0.15, 0.2) is 0 Å². The summed E-state index contributed by atoms with van der Waals surface area (Å²) in [7, 11) is 1.39. The second kappa shape index (κ2) is 7.32. The van der Waals surface area contributed by atoms with Gasteiger partial charge in [0.2, 0.25) is 0 Å². The first-order valence-corrected chi connectivity index (χ1v) is 8.25. The van der Waals surface area contributed by atoms with Crippen LogP contribution in [-0.4, -0.2) is 31.1 Å². The number of carbonyl (C=O) groups is 1. The van der Waals surface area contributed by atoms with E-state index in [4.69, 9.17) is 16.3 Å². The fourth-order valence-corrected chi connectivity index (χ4v) is 3.67. The van der Waals surface area contributed by atoms with Gasteiger partial charge in [0.25, 0.3) is 0 Å². The van der Waals surface area contributed by atoms with E-state index >= 15 is 0 Å². The molecule has 0 bridgehead atoms. The molecular weight excluding hydrogens is 329 g/mol. The largest absolute Gasteiger partial charge is 0.469 e. The lowest BCUT2D eigenvalue weighted by Gasteiger charge is -2.18. The molecular formula is C19H19ClFNO2. The number of methoxy groups -OCH3 is 1. The zero-order valence-electron chi connectivity index (χ0n) is 13.4. The Hall–Kier alpha value is -1.91. The Labute approximate surface area is 146 Å². The normalized spacial score (nSPS) is 21.0. The molecule has 1 aliphatic heterocycles. The first kappa shape index (κ1) is 16.9. The minimum Gasteiger partial charge on any atom is -0.469 e. The van der Waals surface area contributed by atoms with Gasteiger partial charge in [0, 0.05) is 30.6 Å². The maximum absolute atomic E-state index is 13.3. The van der Waals surface area contributed by atoms with Gasteiger partial charge in [-0.3, -0.25) is 9.69 Å². The fraction of sp³-hybridized carbons (Fsp3) is 0.316. The summed E-state index contributed by atoms with van der Waals surface area (Å²) in [6.45, 7) is 2.03. The number of nitrogens with zero attached hydrogens (tertiary/aromatic N) is 1. The van der Waals surface area contributed by atoms with Crippen molar-refractivity contribution in [2.24, 2.45) is 5.92 Å². The highest BCUT2D eigenvalue weighted by molar-refractivity contribution is 6.31. The molecule has 0 aromatic heterocycles. The topological polar surface area (TPSA) is 29.5 Å². The number of carbonyl (C=O) groups excluding carboxylic acids is 1. The number of esters is 1. The van der Waals surface area contributed by atoms with E-state index in [-0.39, 0.29) is 23.6 Å². The van der Waals surface area contributed by atoms with Gasteiger partial charge < -0.3 is 4.74 Å². The van der Waals surface area contributed by atoms with Gasteiger partial charge in [-0.25, -0.2) is 4.39 Å². The maximum atomic E-state index is 13.3. The lowest BCUT2D eigenvalue weighted by Crippen LogP contribution is -2.24. The molecule has 0 N–H and O–H groups in total. The molecule has 3 nitrogen and oxygen atoms in total. The van der Waals surface area contributed by atoms with Crippen molar-refractivity contribution < 1.29 is 13.9 Å². The zero-order chi connectivity index (χ0) is 17.1. The Morgan fingerprint density at radius 2 is 2.00 bits per heavy atom. The molecule has 3 rings (SSSR count). The first-order chi connectivity index (χ1) is 11.6. The molecule has 0 aliphatic carbocycles. The van der Waals surface area contributed by atoms with E-state index in [2.05, 4.69) is 17.0 Å². The van der Waals surface area contributed by atoms with Crippen molar-refractivity contribution in [3.8, 4) is 0 Å². The van der Waals surface area contributed by atoms with Crippen LogP contribution in [-0.2, 0) is 16.1 Å². The SMILES string of the molecule is COC(=O)C1CN(Cc2ccccc2)CC1c1ccc(F)cc1Cl. The van der Waals surface area contributed by atoms with Crippen LogP contribution >= 0.6 is 11.6 Å². The van der Waals surface area contributed by atoms with E-state index in [0.717, 1.165) is 12.1 Å². The molecule has 126 valence electrons. The van der Waals surface area contributed by atoms with Crippen molar-refractivity contribution in [2.45, 2.75) is 12.5 Å². The number of hydrogen-bond donors (Lipinski definition) is 0. The van der Waals surface area contributed by atoms with Crippen LogP contribution in [0.3, 0.4) is 0 Å². The molecule has 2 aromatic rings. The highest BCUT2D eigenvalue weighted by Gasteiger charge is 2.40. The molecule has 2 unspecified atom stereocenters. The van der Waals surface area contributed by atoms with E-state index in [1.807, 2.05) is 18.2 Å². The minimum atomic E-state index is -0.377. The summed E-state index contributed by atoms with van der Waals surface area (Å²) in [5.74, 6) is -1.04. The molecule has 2 aromatic carbocycles. The molecule has 0 spiro atoms. The van der Waals surface area contributed by atoms with Crippen molar-refractivity contribution in [1.29, 1.82) is 0 Å². The third-order valence-corrected chi connectivity index (χ3v) is 4.84. The molecule has 2 atom stereocenters. The van der Waals surface area contributed by atoms with E-state index in [0.29, 0.717) is 18.1 Å². The standard InChI is InChI=1S/C19H19ClFNO2/c1-24-19(23)17-12-22(10-13-5-3-2-4-6-13)11-16(17)15-8-7-14(21)9-18(15)20/h2-9,16-17H,10-12H2,1H3. The lowest BCUT2D eigenvalue weighted by atomic mass is 9.89. The van der Waals surface area contributed by atoms with E-state index in [1.54, 1.807) is 6.07 Å². The summed E-state index contributed by atoms with van der Waals surface area (Å²) in [5, 5.41) is 0.357.